The van der Waals surface area contributed by atoms with Gasteiger partial charge in [-0.3, -0.25) is 14.5 Å². The molecule has 0 atom stereocenters. The maximum Gasteiger partial charge on any atom is 0.264 e. The number of benzene rings is 1. The van der Waals surface area contributed by atoms with Crippen molar-refractivity contribution in [2.24, 2.45) is 0 Å². The topological polar surface area (TPSA) is 43.9 Å². The summed E-state index contributed by atoms with van der Waals surface area (Å²) in [6.45, 7) is 5.17. The summed E-state index contributed by atoms with van der Waals surface area (Å²) < 4.78 is 0. The van der Waals surface area contributed by atoms with E-state index in [1.807, 2.05) is 54.3 Å². The summed E-state index contributed by atoms with van der Waals surface area (Å²) in [5.74, 6) is 0.172. The van der Waals surface area contributed by atoms with E-state index < -0.39 is 0 Å². The molecule has 0 bridgehead atoms. The molecule has 132 valence electrons. The number of piperazine rings is 1. The molecule has 1 fully saturated rings. The quantitative estimate of drug-likeness (QED) is 0.844. The fourth-order valence-corrected chi connectivity index (χ4v) is 3.74. The van der Waals surface area contributed by atoms with Crippen LogP contribution in [0.2, 0.25) is 0 Å². The third-order valence-corrected chi connectivity index (χ3v) is 5.48. The van der Waals surface area contributed by atoms with Crippen molar-refractivity contribution in [3.8, 4) is 0 Å². The molecule has 5 nitrogen and oxygen atoms in total. The molecule has 6 heteroatoms. The molecule has 0 radical (unpaired) electrons. The van der Waals surface area contributed by atoms with Gasteiger partial charge in [0.05, 0.1) is 11.4 Å². The molecule has 0 spiro atoms. The van der Waals surface area contributed by atoms with Gasteiger partial charge in [-0.15, -0.1) is 11.3 Å². The van der Waals surface area contributed by atoms with Crippen LogP contribution in [0.1, 0.15) is 14.5 Å². The molecule has 0 unspecified atom stereocenters. The second-order valence-electron chi connectivity index (χ2n) is 6.27. The largest absolute Gasteiger partial charge is 0.335 e. The Kier molecular flexibility index (Phi) is 5.50. The molecule has 0 saturated carbocycles. The summed E-state index contributed by atoms with van der Waals surface area (Å²) in [6, 6.07) is 13.5. The lowest BCUT2D eigenvalue weighted by Crippen LogP contribution is -2.51. The molecule has 1 saturated heterocycles. The van der Waals surface area contributed by atoms with Crippen LogP contribution in [0.3, 0.4) is 0 Å². The number of hydrogen-bond acceptors (Lipinski definition) is 4. The maximum atomic E-state index is 12.5. The fraction of sp³-hybridized carbons (Fsp3) is 0.368. The molecule has 3 rings (SSSR count). The number of carbonyl (C=O) groups is 2. The smallest absolute Gasteiger partial charge is 0.264 e. The second kappa shape index (κ2) is 7.80. The van der Waals surface area contributed by atoms with E-state index in [2.05, 4.69) is 4.90 Å². The van der Waals surface area contributed by atoms with Gasteiger partial charge in [-0.05, 0) is 31.2 Å². The Bertz CT molecular complexity index is 736. The van der Waals surface area contributed by atoms with Gasteiger partial charge in [-0.2, -0.15) is 0 Å². The van der Waals surface area contributed by atoms with Crippen LogP contribution in [0.4, 0.5) is 5.69 Å². The number of carbonyl (C=O) groups excluding carboxylic acids is 2. The van der Waals surface area contributed by atoms with E-state index >= 15 is 0 Å². The van der Waals surface area contributed by atoms with Crippen molar-refractivity contribution in [1.29, 1.82) is 0 Å². The molecule has 1 aliphatic rings. The van der Waals surface area contributed by atoms with Crippen LogP contribution >= 0.6 is 11.3 Å². The molecule has 1 aromatic heterocycles. The highest BCUT2D eigenvalue weighted by atomic mass is 32.1. The number of rotatable bonds is 4. The number of nitrogens with zero attached hydrogens (tertiary/aromatic N) is 3. The zero-order valence-corrected chi connectivity index (χ0v) is 15.5. The van der Waals surface area contributed by atoms with Gasteiger partial charge < -0.3 is 9.80 Å². The lowest BCUT2D eigenvalue weighted by atomic mass is 10.2. The number of aryl methyl sites for hydroxylation is 1. The molecule has 2 amide bonds. The SMILES string of the molecule is Cc1ccc(C(=O)N2CCN(CC(=O)N(C)c3ccccc3)CC2)s1. The molecule has 1 aromatic carbocycles. The summed E-state index contributed by atoms with van der Waals surface area (Å²) in [4.78, 5) is 32.6. The van der Waals surface area contributed by atoms with Gasteiger partial charge in [0.2, 0.25) is 5.91 Å². The molecule has 0 N–H and O–H groups in total. The monoisotopic (exact) mass is 357 g/mol. The summed E-state index contributed by atoms with van der Waals surface area (Å²) in [7, 11) is 1.80. The lowest BCUT2D eigenvalue weighted by Gasteiger charge is -2.34. The zero-order chi connectivity index (χ0) is 17.8. The van der Waals surface area contributed by atoms with E-state index in [1.54, 1.807) is 11.9 Å². The van der Waals surface area contributed by atoms with Crippen molar-refractivity contribution in [3.63, 3.8) is 0 Å². The Morgan fingerprint density at radius 2 is 1.72 bits per heavy atom. The Morgan fingerprint density at radius 3 is 2.32 bits per heavy atom. The second-order valence-corrected chi connectivity index (χ2v) is 7.55. The normalized spacial score (nSPS) is 15.2. The summed E-state index contributed by atoms with van der Waals surface area (Å²) in [6.07, 6.45) is 0. The number of likely N-dealkylation sites (N-methyl/N-ethyl adjacent to an activating group) is 1. The van der Waals surface area contributed by atoms with Crippen molar-refractivity contribution in [3.05, 3.63) is 52.2 Å². The highest BCUT2D eigenvalue weighted by molar-refractivity contribution is 7.13. The van der Waals surface area contributed by atoms with Crippen LogP contribution in [-0.4, -0.2) is 61.4 Å². The summed E-state index contributed by atoms with van der Waals surface area (Å²) >= 11 is 1.54. The average Bonchev–Trinajstić information content (AvgIpc) is 3.08. The molecule has 1 aliphatic heterocycles. The van der Waals surface area contributed by atoms with Crippen molar-refractivity contribution < 1.29 is 9.59 Å². The highest BCUT2D eigenvalue weighted by Crippen LogP contribution is 2.18. The van der Waals surface area contributed by atoms with Gasteiger partial charge in [-0.1, -0.05) is 18.2 Å². The zero-order valence-electron chi connectivity index (χ0n) is 14.6. The third-order valence-electron chi connectivity index (χ3n) is 4.49. The Labute approximate surface area is 152 Å². The Hall–Kier alpha value is -2.18. The van der Waals surface area contributed by atoms with Crippen LogP contribution in [-0.2, 0) is 4.79 Å². The van der Waals surface area contributed by atoms with Crippen LogP contribution in [0, 0.1) is 6.92 Å². The van der Waals surface area contributed by atoms with Crippen LogP contribution < -0.4 is 4.90 Å². The minimum atomic E-state index is 0.0693. The molecule has 25 heavy (non-hydrogen) atoms. The summed E-state index contributed by atoms with van der Waals surface area (Å²) in [5, 5.41) is 0. The minimum Gasteiger partial charge on any atom is -0.335 e. The van der Waals surface area contributed by atoms with E-state index in [0.717, 1.165) is 28.5 Å². The van der Waals surface area contributed by atoms with Gasteiger partial charge in [0.15, 0.2) is 0 Å². The van der Waals surface area contributed by atoms with Gasteiger partial charge in [0.25, 0.3) is 5.91 Å². The van der Waals surface area contributed by atoms with Crippen LogP contribution in [0.25, 0.3) is 0 Å². The van der Waals surface area contributed by atoms with Gasteiger partial charge >= 0.3 is 0 Å². The van der Waals surface area contributed by atoms with E-state index in [9.17, 15) is 9.59 Å². The number of hydrogen-bond donors (Lipinski definition) is 0. The molecular formula is C19H23N3O2S. The molecule has 2 heterocycles. The fourth-order valence-electron chi connectivity index (χ4n) is 2.91. The van der Waals surface area contributed by atoms with Gasteiger partial charge in [0, 0.05) is 43.8 Å². The first-order valence-electron chi connectivity index (χ1n) is 8.44. The number of thiophene rings is 1. The predicted molar refractivity (Wildman–Crippen MR) is 101 cm³/mol. The van der Waals surface area contributed by atoms with E-state index in [1.165, 1.54) is 11.3 Å². The lowest BCUT2D eigenvalue weighted by molar-refractivity contribution is -0.119. The first-order valence-corrected chi connectivity index (χ1v) is 9.26. The number of para-hydroxylation sites is 1. The van der Waals surface area contributed by atoms with E-state index in [0.29, 0.717) is 19.6 Å². The van der Waals surface area contributed by atoms with E-state index in [4.69, 9.17) is 0 Å². The molecule has 2 aromatic rings. The first kappa shape index (κ1) is 17.6. The minimum absolute atomic E-state index is 0.0693. The van der Waals surface area contributed by atoms with E-state index in [-0.39, 0.29) is 11.8 Å². The average molecular weight is 357 g/mol. The predicted octanol–water partition coefficient (Wildman–Crippen LogP) is 2.48. The van der Waals surface area contributed by atoms with Crippen molar-refractivity contribution >= 4 is 28.8 Å². The van der Waals surface area contributed by atoms with Crippen LogP contribution in [0.15, 0.2) is 42.5 Å². The maximum absolute atomic E-state index is 12.5. The number of amides is 2. The van der Waals surface area contributed by atoms with Gasteiger partial charge in [-0.25, -0.2) is 0 Å². The third kappa shape index (κ3) is 4.27. The Balaban J connectivity index is 1.51. The summed E-state index contributed by atoms with van der Waals surface area (Å²) in [5.41, 5.74) is 0.898. The highest BCUT2D eigenvalue weighted by Gasteiger charge is 2.25. The number of anilines is 1. The Morgan fingerprint density at radius 1 is 1.04 bits per heavy atom. The molecular weight excluding hydrogens is 334 g/mol. The first-order chi connectivity index (χ1) is 12.0. The van der Waals surface area contributed by atoms with Crippen molar-refractivity contribution in [2.75, 3.05) is 44.7 Å². The van der Waals surface area contributed by atoms with Gasteiger partial charge in [0.1, 0.15) is 0 Å². The van der Waals surface area contributed by atoms with Crippen LogP contribution in [0.5, 0.6) is 0 Å². The standard InChI is InChI=1S/C19H23N3O2S/c1-15-8-9-17(25-15)19(24)22-12-10-21(11-13-22)14-18(23)20(2)16-6-4-3-5-7-16/h3-9H,10-14H2,1-2H3. The molecule has 0 aliphatic carbocycles. The van der Waals surface area contributed by atoms with Crippen molar-refractivity contribution in [2.45, 2.75) is 6.92 Å². The van der Waals surface area contributed by atoms with Crippen molar-refractivity contribution in [1.82, 2.24) is 9.80 Å².